The van der Waals surface area contributed by atoms with Crippen LogP contribution < -0.4 is 5.73 Å². The van der Waals surface area contributed by atoms with Gasteiger partial charge in [-0.3, -0.25) is 4.79 Å². The summed E-state index contributed by atoms with van der Waals surface area (Å²) in [7, 11) is 0. The number of nitrogens with one attached hydrogen (secondary N) is 1. The van der Waals surface area contributed by atoms with E-state index < -0.39 is 0 Å². The minimum Gasteiger partial charge on any atom is -0.367 e. The van der Waals surface area contributed by atoms with Gasteiger partial charge in [0.25, 0.3) is 0 Å². The van der Waals surface area contributed by atoms with Gasteiger partial charge >= 0.3 is 0 Å². The van der Waals surface area contributed by atoms with Crippen LogP contribution in [-0.4, -0.2) is 17.3 Å². The highest BCUT2D eigenvalue weighted by atomic mass is 16.1. The van der Waals surface area contributed by atoms with E-state index in [-0.39, 0.29) is 11.7 Å². The van der Waals surface area contributed by atoms with Gasteiger partial charge in [0.05, 0.1) is 0 Å². The Labute approximate surface area is 101 Å². The molecule has 1 atom stereocenters. The number of aromatic nitrogens is 1. The highest BCUT2D eigenvalue weighted by molar-refractivity contribution is 6.08. The molecule has 2 rings (SSSR count). The fraction of sp³-hybridized carbons (Fsp3) is 0.214. The van der Waals surface area contributed by atoms with E-state index in [1.54, 1.807) is 18.5 Å². The van der Waals surface area contributed by atoms with Crippen LogP contribution in [-0.2, 0) is 0 Å². The molecule has 1 heterocycles. The summed E-state index contributed by atoms with van der Waals surface area (Å²) in [6.07, 6.45) is 3.46. The molecule has 0 aliphatic heterocycles. The number of nitrogens with two attached hydrogens (primary N) is 1. The van der Waals surface area contributed by atoms with Crippen molar-refractivity contribution in [3.8, 4) is 0 Å². The van der Waals surface area contributed by atoms with E-state index in [0.717, 1.165) is 5.56 Å². The highest BCUT2D eigenvalue weighted by Gasteiger charge is 2.11. The average Bonchev–Trinajstić information content (AvgIpc) is 2.91. The zero-order valence-electron chi connectivity index (χ0n) is 9.81. The minimum absolute atomic E-state index is 0.0392. The third-order valence-corrected chi connectivity index (χ3v) is 2.93. The average molecular weight is 228 g/mol. The lowest BCUT2D eigenvalue weighted by molar-refractivity contribution is 0.103. The normalized spacial score (nSPS) is 12.4. The Morgan fingerprint density at radius 1 is 1.35 bits per heavy atom. The number of ketones is 1. The molecular weight excluding hydrogens is 212 g/mol. The number of hydrogen-bond acceptors (Lipinski definition) is 2. The van der Waals surface area contributed by atoms with Crippen molar-refractivity contribution < 1.29 is 4.79 Å². The maximum Gasteiger partial charge on any atom is 0.194 e. The van der Waals surface area contributed by atoms with Crippen LogP contribution in [0.25, 0.3) is 0 Å². The number of rotatable bonds is 4. The van der Waals surface area contributed by atoms with E-state index in [0.29, 0.717) is 17.7 Å². The monoisotopic (exact) mass is 228 g/mol. The molecule has 3 N–H and O–H groups in total. The molecule has 0 amide bonds. The van der Waals surface area contributed by atoms with Crippen LogP contribution in [0.2, 0.25) is 0 Å². The maximum absolute atomic E-state index is 12.1. The molecule has 0 saturated heterocycles. The van der Waals surface area contributed by atoms with Gasteiger partial charge in [0.2, 0.25) is 0 Å². The molecule has 0 spiro atoms. The smallest absolute Gasteiger partial charge is 0.194 e. The maximum atomic E-state index is 12.1. The number of aromatic amines is 1. The van der Waals surface area contributed by atoms with Crippen molar-refractivity contribution in [3.05, 3.63) is 59.4 Å². The Morgan fingerprint density at radius 3 is 2.82 bits per heavy atom. The SMILES string of the molecule is CC(CN)c1cccc(C(=O)c2cc[nH]c2)c1. The summed E-state index contributed by atoms with van der Waals surface area (Å²) in [6.45, 7) is 2.64. The zero-order valence-corrected chi connectivity index (χ0v) is 9.81. The molecular formula is C14H16N2O. The predicted molar refractivity (Wildman–Crippen MR) is 68.1 cm³/mol. The molecule has 0 fully saturated rings. The van der Waals surface area contributed by atoms with Gasteiger partial charge in [-0.1, -0.05) is 25.1 Å². The first kappa shape index (κ1) is 11.6. The Balaban J connectivity index is 2.31. The quantitative estimate of drug-likeness (QED) is 0.789. The summed E-state index contributed by atoms with van der Waals surface area (Å²) in [6, 6.07) is 9.45. The van der Waals surface area contributed by atoms with E-state index in [4.69, 9.17) is 5.73 Å². The second-order valence-electron chi connectivity index (χ2n) is 4.19. The molecule has 0 aliphatic rings. The summed E-state index contributed by atoms with van der Waals surface area (Å²) in [5, 5.41) is 0. The summed E-state index contributed by atoms with van der Waals surface area (Å²) >= 11 is 0. The Bertz CT molecular complexity index is 503. The van der Waals surface area contributed by atoms with E-state index in [2.05, 4.69) is 11.9 Å². The van der Waals surface area contributed by atoms with E-state index in [1.807, 2.05) is 24.3 Å². The number of hydrogen-bond donors (Lipinski definition) is 2. The topological polar surface area (TPSA) is 58.9 Å². The molecule has 0 aliphatic carbocycles. The van der Waals surface area contributed by atoms with Crippen molar-refractivity contribution in [2.24, 2.45) is 5.73 Å². The second kappa shape index (κ2) is 4.97. The molecule has 1 aromatic heterocycles. The summed E-state index contributed by atoms with van der Waals surface area (Å²) in [5.74, 6) is 0.311. The van der Waals surface area contributed by atoms with Crippen LogP contribution in [0.15, 0.2) is 42.7 Å². The van der Waals surface area contributed by atoms with Crippen molar-refractivity contribution in [3.63, 3.8) is 0 Å². The van der Waals surface area contributed by atoms with Gasteiger partial charge in [0, 0.05) is 23.5 Å². The van der Waals surface area contributed by atoms with Crippen LogP contribution in [0.1, 0.15) is 34.3 Å². The molecule has 0 saturated carbocycles. The molecule has 3 nitrogen and oxygen atoms in total. The molecule has 2 aromatic rings. The van der Waals surface area contributed by atoms with Gasteiger partial charge in [0.15, 0.2) is 5.78 Å². The van der Waals surface area contributed by atoms with Gasteiger partial charge in [-0.15, -0.1) is 0 Å². The van der Waals surface area contributed by atoms with Crippen LogP contribution in [0.4, 0.5) is 0 Å². The van der Waals surface area contributed by atoms with Gasteiger partial charge in [-0.25, -0.2) is 0 Å². The molecule has 3 heteroatoms. The fourth-order valence-corrected chi connectivity index (χ4v) is 1.75. The van der Waals surface area contributed by atoms with Gasteiger partial charge in [0.1, 0.15) is 0 Å². The summed E-state index contributed by atoms with van der Waals surface area (Å²) < 4.78 is 0. The van der Waals surface area contributed by atoms with Gasteiger partial charge in [-0.2, -0.15) is 0 Å². The van der Waals surface area contributed by atoms with Crippen molar-refractivity contribution in [2.45, 2.75) is 12.8 Å². The van der Waals surface area contributed by atoms with Crippen molar-refractivity contribution >= 4 is 5.78 Å². The Hall–Kier alpha value is -1.87. The summed E-state index contributed by atoms with van der Waals surface area (Å²) in [5.41, 5.74) is 8.13. The lowest BCUT2D eigenvalue weighted by atomic mass is 9.96. The largest absolute Gasteiger partial charge is 0.367 e. The fourth-order valence-electron chi connectivity index (χ4n) is 1.75. The molecule has 0 radical (unpaired) electrons. The molecule has 1 aromatic carbocycles. The minimum atomic E-state index is 0.0392. The van der Waals surface area contributed by atoms with Crippen LogP contribution in [0.5, 0.6) is 0 Å². The first-order valence-electron chi connectivity index (χ1n) is 5.70. The van der Waals surface area contributed by atoms with Crippen LogP contribution in [0, 0.1) is 0 Å². The Morgan fingerprint density at radius 2 is 2.18 bits per heavy atom. The molecule has 88 valence electrons. The van der Waals surface area contributed by atoms with E-state index in [1.165, 1.54) is 0 Å². The number of benzene rings is 1. The third-order valence-electron chi connectivity index (χ3n) is 2.93. The summed E-state index contributed by atoms with van der Waals surface area (Å²) in [4.78, 5) is 15.0. The number of carbonyl (C=O) groups is 1. The lowest BCUT2D eigenvalue weighted by Crippen LogP contribution is -2.10. The van der Waals surface area contributed by atoms with Gasteiger partial charge in [-0.05, 0) is 30.2 Å². The van der Waals surface area contributed by atoms with Crippen LogP contribution in [0.3, 0.4) is 0 Å². The molecule has 1 unspecified atom stereocenters. The third kappa shape index (κ3) is 2.45. The highest BCUT2D eigenvalue weighted by Crippen LogP contribution is 2.17. The standard InChI is InChI=1S/C14H16N2O/c1-10(8-15)11-3-2-4-12(7-11)14(17)13-5-6-16-9-13/h2-7,9-10,16H,8,15H2,1H3. The van der Waals surface area contributed by atoms with Crippen molar-refractivity contribution in [1.82, 2.24) is 4.98 Å². The van der Waals surface area contributed by atoms with E-state index in [9.17, 15) is 4.79 Å². The molecule has 0 bridgehead atoms. The first-order chi connectivity index (χ1) is 8.22. The first-order valence-corrected chi connectivity index (χ1v) is 5.70. The van der Waals surface area contributed by atoms with Crippen molar-refractivity contribution in [1.29, 1.82) is 0 Å². The van der Waals surface area contributed by atoms with Crippen LogP contribution >= 0.6 is 0 Å². The second-order valence-corrected chi connectivity index (χ2v) is 4.19. The predicted octanol–water partition coefficient (Wildman–Crippen LogP) is 2.31. The zero-order chi connectivity index (χ0) is 12.3. The van der Waals surface area contributed by atoms with Crippen molar-refractivity contribution in [2.75, 3.05) is 6.54 Å². The Kier molecular flexibility index (Phi) is 3.40. The number of carbonyl (C=O) groups excluding carboxylic acids is 1. The van der Waals surface area contributed by atoms with Gasteiger partial charge < -0.3 is 10.7 Å². The lowest BCUT2D eigenvalue weighted by Gasteiger charge is -2.09. The number of H-pyrrole nitrogens is 1. The van der Waals surface area contributed by atoms with E-state index >= 15 is 0 Å². The molecule has 17 heavy (non-hydrogen) atoms.